The van der Waals surface area contributed by atoms with Crippen LogP contribution in [0.4, 0.5) is 0 Å². The molecule has 0 aromatic carbocycles. The van der Waals surface area contributed by atoms with E-state index in [9.17, 15) is 5.26 Å². The lowest BCUT2D eigenvalue weighted by Crippen LogP contribution is -2.46. The fourth-order valence-electron chi connectivity index (χ4n) is 3.00. The molecule has 19 heavy (non-hydrogen) atoms. The molecule has 3 nitrogen and oxygen atoms in total. The number of nitrogens with zero attached hydrogens (tertiary/aromatic N) is 2. The van der Waals surface area contributed by atoms with Gasteiger partial charge in [0.2, 0.25) is 0 Å². The summed E-state index contributed by atoms with van der Waals surface area (Å²) in [7, 11) is 0. The molecule has 1 aliphatic rings. The summed E-state index contributed by atoms with van der Waals surface area (Å²) in [5.74, 6) is 0. The molecule has 1 atom stereocenters. The minimum absolute atomic E-state index is 0.363. The van der Waals surface area contributed by atoms with Gasteiger partial charge in [0, 0.05) is 12.6 Å². The van der Waals surface area contributed by atoms with Gasteiger partial charge in [-0.05, 0) is 45.7 Å². The van der Waals surface area contributed by atoms with Crippen LogP contribution in [0.2, 0.25) is 0 Å². The summed E-state index contributed by atoms with van der Waals surface area (Å²) in [6, 6.07) is 3.22. The van der Waals surface area contributed by atoms with E-state index in [1.54, 1.807) is 0 Å². The Morgan fingerprint density at radius 3 is 2.47 bits per heavy atom. The molecule has 0 saturated heterocycles. The maximum atomic E-state index is 9.38. The lowest BCUT2D eigenvalue weighted by atomic mass is 9.93. The zero-order chi connectivity index (χ0) is 14.1. The zero-order valence-corrected chi connectivity index (χ0v) is 13.0. The molecular weight excluding hydrogens is 234 g/mol. The fraction of sp³-hybridized carbons (Fsp3) is 0.938. The lowest BCUT2D eigenvalue weighted by Gasteiger charge is -2.35. The first-order chi connectivity index (χ1) is 9.15. The van der Waals surface area contributed by atoms with E-state index >= 15 is 0 Å². The molecule has 1 unspecified atom stereocenters. The second kappa shape index (κ2) is 8.55. The molecule has 1 fully saturated rings. The second-order valence-corrected chi connectivity index (χ2v) is 6.04. The monoisotopic (exact) mass is 265 g/mol. The minimum atomic E-state index is -0.363. The molecular formula is C16H31N3. The summed E-state index contributed by atoms with van der Waals surface area (Å²) < 4.78 is 0. The molecule has 0 radical (unpaired) electrons. The molecule has 110 valence electrons. The van der Waals surface area contributed by atoms with Gasteiger partial charge in [0.15, 0.2) is 0 Å². The Bertz CT molecular complexity index is 278. The second-order valence-electron chi connectivity index (χ2n) is 6.04. The Hall–Kier alpha value is -0.590. The van der Waals surface area contributed by atoms with Crippen LogP contribution in [0.5, 0.6) is 0 Å². The van der Waals surface area contributed by atoms with Gasteiger partial charge in [0.1, 0.15) is 5.54 Å². The SMILES string of the molecule is CCCNC(C)(C#N)CCN(CC)C1CCCCC1. The van der Waals surface area contributed by atoms with Crippen LogP contribution in [0, 0.1) is 11.3 Å². The maximum Gasteiger partial charge on any atom is 0.105 e. The van der Waals surface area contributed by atoms with E-state index in [0.29, 0.717) is 0 Å². The van der Waals surface area contributed by atoms with E-state index < -0.39 is 0 Å². The normalized spacial score (nSPS) is 20.2. The lowest BCUT2D eigenvalue weighted by molar-refractivity contribution is 0.152. The molecule has 1 rings (SSSR count). The summed E-state index contributed by atoms with van der Waals surface area (Å²) in [4.78, 5) is 2.59. The third-order valence-corrected chi connectivity index (χ3v) is 4.41. The van der Waals surface area contributed by atoms with E-state index in [4.69, 9.17) is 0 Å². The van der Waals surface area contributed by atoms with Crippen molar-refractivity contribution in [3.8, 4) is 6.07 Å². The topological polar surface area (TPSA) is 39.1 Å². The molecule has 3 heteroatoms. The van der Waals surface area contributed by atoms with Gasteiger partial charge >= 0.3 is 0 Å². The molecule has 0 bridgehead atoms. The van der Waals surface area contributed by atoms with Gasteiger partial charge in [0.25, 0.3) is 0 Å². The Kier molecular flexibility index (Phi) is 7.41. The number of hydrogen-bond donors (Lipinski definition) is 1. The summed E-state index contributed by atoms with van der Waals surface area (Å²) in [6.07, 6.45) is 8.86. The van der Waals surface area contributed by atoms with Crippen LogP contribution in [0.15, 0.2) is 0 Å². The van der Waals surface area contributed by atoms with Gasteiger partial charge in [0.05, 0.1) is 6.07 Å². The van der Waals surface area contributed by atoms with E-state index in [-0.39, 0.29) is 5.54 Å². The first kappa shape index (κ1) is 16.5. The number of hydrogen-bond acceptors (Lipinski definition) is 3. The van der Waals surface area contributed by atoms with Gasteiger partial charge in [-0.1, -0.05) is 33.1 Å². The number of nitriles is 1. The maximum absolute atomic E-state index is 9.38. The summed E-state index contributed by atoms with van der Waals surface area (Å²) in [6.45, 7) is 9.52. The van der Waals surface area contributed by atoms with Crippen LogP contribution in [-0.4, -0.2) is 36.1 Å². The highest BCUT2D eigenvalue weighted by molar-refractivity contribution is 5.04. The van der Waals surface area contributed by atoms with Crippen molar-refractivity contribution in [3.63, 3.8) is 0 Å². The van der Waals surface area contributed by atoms with Gasteiger partial charge in [-0.2, -0.15) is 5.26 Å². The molecule has 0 aromatic heterocycles. The van der Waals surface area contributed by atoms with Crippen LogP contribution < -0.4 is 5.32 Å². The van der Waals surface area contributed by atoms with Crippen LogP contribution in [0.25, 0.3) is 0 Å². The largest absolute Gasteiger partial charge is 0.301 e. The summed E-state index contributed by atoms with van der Waals surface area (Å²) in [5.41, 5.74) is -0.363. The molecule has 0 amide bonds. The summed E-state index contributed by atoms with van der Waals surface area (Å²) in [5, 5.41) is 12.8. The minimum Gasteiger partial charge on any atom is -0.301 e. The van der Waals surface area contributed by atoms with Crippen LogP contribution in [0.3, 0.4) is 0 Å². The van der Waals surface area contributed by atoms with Gasteiger partial charge in [-0.3, -0.25) is 5.32 Å². The van der Waals surface area contributed by atoms with Gasteiger partial charge in [-0.15, -0.1) is 0 Å². The van der Waals surface area contributed by atoms with Crippen molar-refractivity contribution in [1.29, 1.82) is 5.26 Å². The molecule has 1 saturated carbocycles. The molecule has 0 heterocycles. The van der Waals surface area contributed by atoms with Crippen LogP contribution in [0.1, 0.15) is 65.7 Å². The molecule has 1 aliphatic carbocycles. The number of nitrogens with one attached hydrogen (secondary N) is 1. The van der Waals surface area contributed by atoms with Crippen molar-refractivity contribution in [2.75, 3.05) is 19.6 Å². The highest BCUT2D eigenvalue weighted by atomic mass is 15.2. The van der Waals surface area contributed by atoms with Gasteiger partial charge < -0.3 is 4.90 Å². The number of rotatable bonds is 8. The Labute approximate surface area is 119 Å². The molecule has 0 aliphatic heterocycles. The summed E-state index contributed by atoms with van der Waals surface area (Å²) >= 11 is 0. The fourth-order valence-corrected chi connectivity index (χ4v) is 3.00. The van der Waals surface area contributed by atoms with Crippen molar-refractivity contribution < 1.29 is 0 Å². The van der Waals surface area contributed by atoms with Gasteiger partial charge in [-0.25, -0.2) is 0 Å². The Balaban J connectivity index is 2.44. The van der Waals surface area contributed by atoms with E-state index in [1.807, 2.05) is 6.92 Å². The smallest absolute Gasteiger partial charge is 0.105 e. The van der Waals surface area contributed by atoms with Crippen molar-refractivity contribution >= 4 is 0 Å². The Morgan fingerprint density at radius 2 is 1.95 bits per heavy atom. The zero-order valence-electron chi connectivity index (χ0n) is 13.0. The first-order valence-electron chi connectivity index (χ1n) is 8.05. The predicted molar refractivity (Wildman–Crippen MR) is 81.0 cm³/mol. The third-order valence-electron chi connectivity index (χ3n) is 4.41. The quantitative estimate of drug-likeness (QED) is 0.732. The predicted octanol–water partition coefficient (Wildman–Crippen LogP) is 3.31. The third kappa shape index (κ3) is 5.50. The van der Waals surface area contributed by atoms with Crippen molar-refractivity contribution in [2.24, 2.45) is 0 Å². The highest BCUT2D eigenvalue weighted by Crippen LogP contribution is 2.23. The van der Waals surface area contributed by atoms with Crippen molar-refractivity contribution in [3.05, 3.63) is 0 Å². The van der Waals surface area contributed by atoms with Crippen LogP contribution >= 0.6 is 0 Å². The van der Waals surface area contributed by atoms with E-state index in [0.717, 1.165) is 38.5 Å². The molecule has 1 N–H and O–H groups in total. The van der Waals surface area contributed by atoms with Crippen molar-refractivity contribution in [2.45, 2.75) is 77.3 Å². The van der Waals surface area contributed by atoms with Crippen LogP contribution in [-0.2, 0) is 0 Å². The van der Waals surface area contributed by atoms with E-state index in [1.165, 1.54) is 32.1 Å². The molecule has 0 aromatic rings. The Morgan fingerprint density at radius 1 is 1.26 bits per heavy atom. The highest BCUT2D eigenvalue weighted by Gasteiger charge is 2.26. The van der Waals surface area contributed by atoms with Crippen molar-refractivity contribution in [1.82, 2.24) is 10.2 Å². The van der Waals surface area contributed by atoms with E-state index in [2.05, 4.69) is 30.1 Å². The standard InChI is InChI=1S/C16H31N3/c1-4-12-18-16(3,14-17)11-13-19(5-2)15-9-7-6-8-10-15/h15,18H,4-13H2,1-3H3. The average Bonchev–Trinajstić information content (AvgIpc) is 2.47. The molecule has 0 spiro atoms. The first-order valence-corrected chi connectivity index (χ1v) is 8.05. The average molecular weight is 265 g/mol.